The van der Waals surface area contributed by atoms with Gasteiger partial charge >= 0.3 is 6.18 Å². The van der Waals surface area contributed by atoms with E-state index < -0.39 is 30.2 Å². The van der Waals surface area contributed by atoms with Gasteiger partial charge in [-0.1, -0.05) is 11.6 Å². The third kappa shape index (κ3) is 4.08. The van der Waals surface area contributed by atoms with Crippen molar-refractivity contribution in [1.82, 2.24) is 9.78 Å². The van der Waals surface area contributed by atoms with E-state index >= 15 is 0 Å². The molecular formula is C17H16ClF3N4O2. The number of nitrogens with zero attached hydrogens (tertiary/aromatic N) is 2. The summed E-state index contributed by atoms with van der Waals surface area (Å²) in [6.07, 6.45) is -2.46. The Hall–Kier alpha value is -2.55. The van der Waals surface area contributed by atoms with Crippen molar-refractivity contribution in [3.05, 3.63) is 45.7 Å². The number of amides is 2. The lowest BCUT2D eigenvalue weighted by Gasteiger charge is -2.15. The van der Waals surface area contributed by atoms with Gasteiger partial charge < -0.3 is 11.1 Å². The number of rotatable bonds is 4. The Labute approximate surface area is 157 Å². The van der Waals surface area contributed by atoms with Gasteiger partial charge in [-0.3, -0.25) is 14.3 Å². The van der Waals surface area contributed by atoms with E-state index in [2.05, 4.69) is 10.4 Å². The number of halogens is 4. The van der Waals surface area contributed by atoms with Crippen LogP contribution in [0.2, 0.25) is 5.02 Å². The number of anilines is 1. The molecule has 144 valence electrons. The minimum atomic E-state index is -4.57. The zero-order valence-corrected chi connectivity index (χ0v) is 14.8. The molecule has 10 heteroatoms. The summed E-state index contributed by atoms with van der Waals surface area (Å²) in [4.78, 5) is 23.8. The van der Waals surface area contributed by atoms with E-state index in [4.69, 9.17) is 17.3 Å². The van der Waals surface area contributed by atoms with Gasteiger partial charge in [0.25, 0.3) is 5.91 Å². The molecule has 1 aromatic carbocycles. The van der Waals surface area contributed by atoms with E-state index in [1.165, 1.54) is 18.2 Å². The first-order chi connectivity index (χ1) is 12.7. The first-order valence-corrected chi connectivity index (χ1v) is 8.59. The molecule has 1 aromatic heterocycles. The third-order valence-electron chi connectivity index (χ3n) is 4.34. The van der Waals surface area contributed by atoms with Crippen molar-refractivity contribution in [2.24, 2.45) is 5.73 Å². The molecule has 1 heterocycles. The van der Waals surface area contributed by atoms with Crippen LogP contribution in [0.4, 0.5) is 18.9 Å². The second-order valence-electron chi connectivity index (χ2n) is 6.24. The van der Waals surface area contributed by atoms with Crippen LogP contribution in [0, 0.1) is 0 Å². The van der Waals surface area contributed by atoms with Crippen molar-refractivity contribution in [2.75, 3.05) is 5.32 Å². The molecule has 3 rings (SSSR count). The van der Waals surface area contributed by atoms with Gasteiger partial charge in [0.05, 0.1) is 11.3 Å². The molecule has 3 N–H and O–H groups in total. The van der Waals surface area contributed by atoms with Crippen LogP contribution < -0.4 is 11.1 Å². The third-order valence-corrected chi connectivity index (χ3v) is 4.57. The molecule has 0 bridgehead atoms. The maximum Gasteiger partial charge on any atom is 0.435 e. The number of fused-ring (bicyclic) bond motifs is 1. The van der Waals surface area contributed by atoms with Crippen LogP contribution in [0.5, 0.6) is 0 Å². The van der Waals surface area contributed by atoms with Gasteiger partial charge in [-0.15, -0.1) is 0 Å². The lowest BCUT2D eigenvalue weighted by atomic mass is 9.95. The van der Waals surface area contributed by atoms with Gasteiger partial charge in [-0.2, -0.15) is 18.3 Å². The first-order valence-electron chi connectivity index (χ1n) is 8.21. The van der Waals surface area contributed by atoms with Gasteiger partial charge in [0, 0.05) is 16.3 Å². The van der Waals surface area contributed by atoms with E-state index in [1.54, 1.807) is 0 Å². The number of carbonyl (C=O) groups excluding carboxylic acids is 2. The van der Waals surface area contributed by atoms with Crippen LogP contribution in [0.15, 0.2) is 18.2 Å². The fourth-order valence-corrected chi connectivity index (χ4v) is 3.36. The van der Waals surface area contributed by atoms with Crippen molar-refractivity contribution < 1.29 is 22.8 Å². The maximum atomic E-state index is 13.2. The predicted octanol–water partition coefficient (Wildman–Crippen LogP) is 3.17. The minimum absolute atomic E-state index is 0.00863. The summed E-state index contributed by atoms with van der Waals surface area (Å²) in [6, 6.07) is 4.16. The number of primary amides is 1. The Balaban J connectivity index is 1.85. The summed E-state index contributed by atoms with van der Waals surface area (Å²) in [5, 5.41) is 6.38. The number of aromatic nitrogens is 2. The average molecular weight is 401 g/mol. The molecule has 6 nitrogen and oxygen atoms in total. The number of nitrogens with two attached hydrogens (primary N) is 1. The predicted molar refractivity (Wildman–Crippen MR) is 92.5 cm³/mol. The highest BCUT2D eigenvalue weighted by molar-refractivity contribution is 6.31. The molecule has 0 spiro atoms. The standard InChI is InChI=1S/C17H16ClF3N4O2/c18-9-5-6-12(11(7-9)16(22)27)23-14(26)8-25-13-4-2-1-3-10(13)15(24-25)17(19,20)21/h5-7H,1-4,8H2,(H2,22,27)(H,23,26). The second-order valence-corrected chi connectivity index (χ2v) is 6.68. The molecule has 1 aliphatic rings. The molecule has 27 heavy (non-hydrogen) atoms. The Morgan fingerprint density at radius 1 is 1.26 bits per heavy atom. The Bertz CT molecular complexity index is 908. The summed E-state index contributed by atoms with van der Waals surface area (Å²) < 4.78 is 40.7. The Morgan fingerprint density at radius 2 is 1.96 bits per heavy atom. The summed E-state index contributed by atoms with van der Waals surface area (Å²) >= 11 is 5.81. The normalized spacial score (nSPS) is 13.9. The van der Waals surface area contributed by atoms with Gasteiger partial charge in [-0.05, 0) is 43.9 Å². The zero-order chi connectivity index (χ0) is 19.8. The number of nitrogens with one attached hydrogen (secondary N) is 1. The molecule has 2 aromatic rings. The SMILES string of the molecule is NC(=O)c1cc(Cl)ccc1NC(=O)Cn1nc(C(F)(F)F)c2c1CCCC2. The quantitative estimate of drug-likeness (QED) is 0.826. The smallest absolute Gasteiger partial charge is 0.366 e. The molecule has 1 aliphatic carbocycles. The van der Waals surface area contributed by atoms with Crippen molar-refractivity contribution >= 4 is 29.1 Å². The summed E-state index contributed by atoms with van der Waals surface area (Å²) in [7, 11) is 0. The van der Waals surface area contributed by atoms with Crippen molar-refractivity contribution in [3.63, 3.8) is 0 Å². The van der Waals surface area contributed by atoms with Crippen LogP contribution in [0.3, 0.4) is 0 Å². The topological polar surface area (TPSA) is 90.0 Å². The van der Waals surface area contributed by atoms with Gasteiger partial charge in [0.15, 0.2) is 5.69 Å². The van der Waals surface area contributed by atoms with Crippen LogP contribution in [-0.4, -0.2) is 21.6 Å². The maximum absolute atomic E-state index is 13.2. The van der Waals surface area contributed by atoms with Crippen molar-refractivity contribution in [3.8, 4) is 0 Å². The first kappa shape index (κ1) is 19.2. The molecule has 0 unspecified atom stereocenters. The monoisotopic (exact) mass is 400 g/mol. The molecule has 0 atom stereocenters. The molecule has 0 saturated carbocycles. The van der Waals surface area contributed by atoms with Gasteiger partial charge in [0.1, 0.15) is 6.54 Å². The number of alkyl halides is 3. The summed E-state index contributed by atoms with van der Waals surface area (Å²) in [5.41, 5.74) is 5.05. The van der Waals surface area contributed by atoms with Crippen LogP contribution in [0.25, 0.3) is 0 Å². The molecule has 0 radical (unpaired) electrons. The Kier molecular flexibility index (Phi) is 5.14. The minimum Gasteiger partial charge on any atom is -0.366 e. The largest absolute Gasteiger partial charge is 0.435 e. The van der Waals surface area contributed by atoms with Gasteiger partial charge in [-0.25, -0.2) is 0 Å². The lowest BCUT2D eigenvalue weighted by molar-refractivity contribution is -0.142. The fraction of sp³-hybridized carbons (Fsp3) is 0.353. The van der Waals surface area contributed by atoms with E-state index in [0.29, 0.717) is 18.5 Å². The van der Waals surface area contributed by atoms with Crippen LogP contribution in [-0.2, 0) is 30.4 Å². The number of hydrogen-bond acceptors (Lipinski definition) is 3. The molecule has 0 saturated heterocycles. The summed E-state index contributed by atoms with van der Waals surface area (Å²) in [6.45, 7) is -0.404. The highest BCUT2D eigenvalue weighted by Crippen LogP contribution is 2.35. The summed E-state index contributed by atoms with van der Waals surface area (Å²) in [5.74, 6) is -1.41. The molecule has 0 aliphatic heterocycles. The van der Waals surface area contributed by atoms with E-state index in [0.717, 1.165) is 11.1 Å². The fourth-order valence-electron chi connectivity index (χ4n) is 3.18. The van der Waals surface area contributed by atoms with Crippen LogP contribution >= 0.6 is 11.6 Å². The van der Waals surface area contributed by atoms with Crippen molar-refractivity contribution in [1.29, 1.82) is 0 Å². The Morgan fingerprint density at radius 3 is 2.63 bits per heavy atom. The average Bonchev–Trinajstić information content (AvgIpc) is 2.95. The highest BCUT2D eigenvalue weighted by Gasteiger charge is 2.39. The van der Waals surface area contributed by atoms with E-state index in [1.807, 2.05) is 0 Å². The molecule has 2 amide bonds. The highest BCUT2D eigenvalue weighted by atomic mass is 35.5. The zero-order valence-electron chi connectivity index (χ0n) is 14.1. The van der Waals surface area contributed by atoms with E-state index in [-0.39, 0.29) is 28.3 Å². The number of hydrogen-bond donors (Lipinski definition) is 2. The van der Waals surface area contributed by atoms with Crippen LogP contribution in [0.1, 0.15) is 40.2 Å². The van der Waals surface area contributed by atoms with E-state index in [9.17, 15) is 22.8 Å². The second kappa shape index (κ2) is 7.22. The van der Waals surface area contributed by atoms with Gasteiger partial charge in [0.2, 0.25) is 5.91 Å². The lowest BCUT2D eigenvalue weighted by Crippen LogP contribution is -2.23. The number of carbonyl (C=O) groups is 2. The van der Waals surface area contributed by atoms with Crippen molar-refractivity contribution in [2.45, 2.75) is 38.4 Å². The molecule has 0 fully saturated rings. The number of benzene rings is 1. The molecular weight excluding hydrogens is 385 g/mol.